The van der Waals surface area contributed by atoms with Gasteiger partial charge in [0.1, 0.15) is 0 Å². The number of benzene rings is 1. The van der Waals surface area contributed by atoms with Crippen LogP contribution in [0.3, 0.4) is 0 Å². The average molecular weight is 470 g/mol. The second-order valence-corrected chi connectivity index (χ2v) is 6.06. The number of nitrogens with one attached hydrogen (secondary N) is 2. The number of anilines is 1. The van der Waals surface area contributed by atoms with Gasteiger partial charge in [0.15, 0.2) is 5.96 Å². The number of nitrogens with zero attached hydrogens (tertiary/aromatic N) is 4. The van der Waals surface area contributed by atoms with Crippen LogP contribution in [-0.2, 0) is 13.6 Å². The summed E-state index contributed by atoms with van der Waals surface area (Å²) in [5, 5.41) is 10.9. The van der Waals surface area contributed by atoms with Crippen LogP contribution in [0.5, 0.6) is 0 Å². The van der Waals surface area contributed by atoms with Crippen molar-refractivity contribution >= 4 is 35.6 Å². The molecule has 26 heavy (non-hydrogen) atoms. The van der Waals surface area contributed by atoms with Crippen LogP contribution in [0.4, 0.5) is 5.69 Å². The second kappa shape index (κ2) is 11.8. The lowest BCUT2D eigenvalue weighted by molar-refractivity contribution is 0.751. The van der Waals surface area contributed by atoms with Crippen molar-refractivity contribution in [1.82, 2.24) is 20.4 Å². The highest BCUT2D eigenvalue weighted by Gasteiger charge is 2.05. The highest BCUT2D eigenvalue weighted by molar-refractivity contribution is 14.0. The molecule has 144 valence electrons. The molecule has 0 amide bonds. The van der Waals surface area contributed by atoms with E-state index in [9.17, 15) is 0 Å². The summed E-state index contributed by atoms with van der Waals surface area (Å²) in [5.74, 6) is 0.839. The van der Waals surface area contributed by atoms with Crippen molar-refractivity contribution in [2.75, 3.05) is 31.1 Å². The molecule has 0 aliphatic carbocycles. The smallest absolute Gasteiger partial charge is 0.191 e. The fraction of sp³-hybridized carbons (Fsp3) is 0.474. The molecule has 0 bridgehead atoms. The SMILES string of the molecule is CCNC(=NCc1cnn(C)c1)NCCN(CC)c1cccc(C)c1.I. The molecule has 6 nitrogen and oxygen atoms in total. The zero-order valence-electron chi connectivity index (χ0n) is 16.2. The Kier molecular flexibility index (Phi) is 10.1. The van der Waals surface area contributed by atoms with E-state index in [1.807, 2.05) is 19.4 Å². The summed E-state index contributed by atoms with van der Waals surface area (Å²) < 4.78 is 1.80. The molecule has 0 saturated carbocycles. The number of hydrogen-bond donors (Lipinski definition) is 2. The Balaban J connectivity index is 0.00000338. The van der Waals surface area contributed by atoms with Gasteiger partial charge in [-0.3, -0.25) is 4.68 Å². The Morgan fingerprint density at radius 1 is 1.27 bits per heavy atom. The van der Waals surface area contributed by atoms with Crippen molar-refractivity contribution in [1.29, 1.82) is 0 Å². The molecule has 2 aromatic rings. The lowest BCUT2D eigenvalue weighted by Crippen LogP contribution is -2.41. The van der Waals surface area contributed by atoms with E-state index in [0.29, 0.717) is 6.54 Å². The summed E-state index contributed by atoms with van der Waals surface area (Å²) >= 11 is 0. The van der Waals surface area contributed by atoms with E-state index < -0.39 is 0 Å². The molecule has 0 spiro atoms. The Morgan fingerprint density at radius 3 is 2.69 bits per heavy atom. The molecule has 0 unspecified atom stereocenters. The van der Waals surface area contributed by atoms with Gasteiger partial charge in [0.2, 0.25) is 0 Å². The van der Waals surface area contributed by atoms with Crippen molar-refractivity contribution < 1.29 is 0 Å². The number of rotatable bonds is 8. The first-order valence-electron chi connectivity index (χ1n) is 8.93. The predicted octanol–water partition coefficient (Wildman–Crippen LogP) is 2.93. The molecule has 1 heterocycles. The number of aryl methyl sites for hydroxylation is 2. The molecule has 2 N–H and O–H groups in total. The van der Waals surface area contributed by atoms with Gasteiger partial charge in [-0.05, 0) is 38.5 Å². The highest BCUT2D eigenvalue weighted by Crippen LogP contribution is 2.14. The molecule has 0 radical (unpaired) electrons. The molecular weight excluding hydrogens is 439 g/mol. The van der Waals surface area contributed by atoms with Crippen molar-refractivity contribution in [3.05, 3.63) is 47.8 Å². The lowest BCUT2D eigenvalue weighted by Gasteiger charge is -2.24. The van der Waals surface area contributed by atoms with Gasteiger partial charge < -0.3 is 15.5 Å². The number of guanidine groups is 1. The standard InChI is InChI=1S/C19H30N6.HI/c1-5-20-19(22-13-17-14-23-24(4)15-17)21-10-11-25(6-2)18-9-7-8-16(3)12-18;/h7-9,12,14-15H,5-6,10-11,13H2,1-4H3,(H2,20,21,22);1H. The minimum Gasteiger partial charge on any atom is -0.370 e. The van der Waals surface area contributed by atoms with Gasteiger partial charge in [0.05, 0.1) is 12.7 Å². The molecule has 7 heteroatoms. The average Bonchev–Trinajstić information content (AvgIpc) is 3.02. The number of aromatic nitrogens is 2. The molecule has 0 aliphatic rings. The fourth-order valence-electron chi connectivity index (χ4n) is 2.67. The molecule has 0 aliphatic heterocycles. The highest BCUT2D eigenvalue weighted by atomic mass is 127. The Hall–Kier alpha value is -1.77. The fourth-order valence-corrected chi connectivity index (χ4v) is 2.67. The van der Waals surface area contributed by atoms with Gasteiger partial charge in [-0.15, -0.1) is 24.0 Å². The summed E-state index contributed by atoms with van der Waals surface area (Å²) in [6, 6.07) is 8.63. The molecule has 2 rings (SSSR count). The van der Waals surface area contributed by atoms with Crippen molar-refractivity contribution in [3.8, 4) is 0 Å². The summed E-state index contributed by atoms with van der Waals surface area (Å²) in [5.41, 5.74) is 3.66. The number of hydrogen-bond acceptors (Lipinski definition) is 3. The third-order valence-corrected chi connectivity index (χ3v) is 3.95. The number of aliphatic imine (C=N–C) groups is 1. The predicted molar refractivity (Wildman–Crippen MR) is 121 cm³/mol. The zero-order valence-corrected chi connectivity index (χ0v) is 18.5. The normalized spacial score (nSPS) is 11.0. The molecule has 0 fully saturated rings. The quantitative estimate of drug-likeness (QED) is 0.354. The summed E-state index contributed by atoms with van der Waals surface area (Å²) in [6.07, 6.45) is 3.84. The van der Waals surface area contributed by atoms with Gasteiger partial charge in [0, 0.05) is 50.7 Å². The second-order valence-electron chi connectivity index (χ2n) is 6.06. The summed E-state index contributed by atoms with van der Waals surface area (Å²) in [6.45, 7) is 10.6. The maximum absolute atomic E-state index is 4.63. The lowest BCUT2D eigenvalue weighted by atomic mass is 10.2. The van der Waals surface area contributed by atoms with Gasteiger partial charge in [-0.25, -0.2) is 4.99 Å². The van der Waals surface area contributed by atoms with Crippen LogP contribution >= 0.6 is 24.0 Å². The van der Waals surface area contributed by atoms with Crippen LogP contribution in [0.15, 0.2) is 41.7 Å². The Morgan fingerprint density at radius 2 is 2.08 bits per heavy atom. The Labute approximate surface area is 174 Å². The van der Waals surface area contributed by atoms with Crippen LogP contribution < -0.4 is 15.5 Å². The zero-order chi connectivity index (χ0) is 18.1. The van der Waals surface area contributed by atoms with Gasteiger partial charge in [0.25, 0.3) is 0 Å². The van der Waals surface area contributed by atoms with Crippen LogP contribution in [0, 0.1) is 6.92 Å². The van der Waals surface area contributed by atoms with Crippen LogP contribution in [0.25, 0.3) is 0 Å². The molecule has 1 aromatic heterocycles. The largest absolute Gasteiger partial charge is 0.370 e. The van der Waals surface area contributed by atoms with Crippen LogP contribution in [-0.4, -0.2) is 41.9 Å². The third kappa shape index (κ3) is 7.23. The van der Waals surface area contributed by atoms with Crippen molar-refractivity contribution in [2.45, 2.75) is 27.3 Å². The van der Waals surface area contributed by atoms with Crippen molar-refractivity contribution in [3.63, 3.8) is 0 Å². The van der Waals surface area contributed by atoms with E-state index in [1.54, 1.807) is 4.68 Å². The van der Waals surface area contributed by atoms with E-state index >= 15 is 0 Å². The van der Waals surface area contributed by atoms with E-state index in [2.05, 4.69) is 70.7 Å². The minimum atomic E-state index is 0. The summed E-state index contributed by atoms with van der Waals surface area (Å²) in [4.78, 5) is 6.99. The molecular formula is C19H31IN6. The van der Waals surface area contributed by atoms with Gasteiger partial charge in [-0.2, -0.15) is 5.10 Å². The van der Waals surface area contributed by atoms with E-state index in [4.69, 9.17) is 0 Å². The van der Waals surface area contributed by atoms with E-state index in [1.165, 1.54) is 11.3 Å². The van der Waals surface area contributed by atoms with E-state index in [-0.39, 0.29) is 24.0 Å². The monoisotopic (exact) mass is 470 g/mol. The minimum absolute atomic E-state index is 0. The third-order valence-electron chi connectivity index (χ3n) is 3.95. The van der Waals surface area contributed by atoms with Crippen molar-refractivity contribution in [2.24, 2.45) is 12.0 Å². The van der Waals surface area contributed by atoms with Gasteiger partial charge in [-0.1, -0.05) is 12.1 Å². The number of likely N-dealkylation sites (N-methyl/N-ethyl adjacent to an activating group) is 1. The number of halogens is 1. The summed E-state index contributed by atoms with van der Waals surface area (Å²) in [7, 11) is 1.92. The topological polar surface area (TPSA) is 57.5 Å². The van der Waals surface area contributed by atoms with Crippen LogP contribution in [0.1, 0.15) is 25.0 Å². The van der Waals surface area contributed by atoms with E-state index in [0.717, 1.165) is 37.7 Å². The maximum atomic E-state index is 4.63. The van der Waals surface area contributed by atoms with Gasteiger partial charge >= 0.3 is 0 Å². The molecule has 0 atom stereocenters. The van der Waals surface area contributed by atoms with Crippen LogP contribution in [0.2, 0.25) is 0 Å². The first-order valence-corrected chi connectivity index (χ1v) is 8.93. The first kappa shape index (κ1) is 22.3. The first-order chi connectivity index (χ1) is 12.1. The molecule has 0 saturated heterocycles. The Bertz CT molecular complexity index is 682. The maximum Gasteiger partial charge on any atom is 0.191 e. The molecule has 1 aromatic carbocycles.